The Balaban J connectivity index is 2.40. The van der Waals surface area contributed by atoms with Crippen molar-refractivity contribution in [1.29, 1.82) is 0 Å². The monoisotopic (exact) mass is 321 g/mol. The number of carbonyl (C=O) groups is 2. The van der Waals surface area contributed by atoms with E-state index in [0.29, 0.717) is 6.54 Å². The van der Waals surface area contributed by atoms with Crippen molar-refractivity contribution in [2.45, 2.75) is 32.7 Å². The van der Waals surface area contributed by atoms with Gasteiger partial charge < -0.3 is 10.1 Å². The fourth-order valence-corrected chi connectivity index (χ4v) is 2.08. The number of hydrogen-bond donors (Lipinski definition) is 2. The molecule has 0 fully saturated rings. The van der Waals surface area contributed by atoms with E-state index in [1.54, 1.807) is 7.11 Å². The highest BCUT2D eigenvalue weighted by molar-refractivity contribution is 5.95. The first kappa shape index (κ1) is 19.0. The van der Waals surface area contributed by atoms with Crippen LogP contribution in [0.2, 0.25) is 0 Å². The van der Waals surface area contributed by atoms with Crippen molar-refractivity contribution >= 4 is 11.9 Å². The van der Waals surface area contributed by atoms with Gasteiger partial charge in [-0.2, -0.15) is 0 Å². The molecule has 0 saturated carbocycles. The molecule has 2 N–H and O–H groups in total. The Kier molecular flexibility index (Phi) is 7.03. The molecule has 128 valence electrons. The Labute approximate surface area is 138 Å². The molecule has 6 nitrogen and oxygen atoms in total. The smallest absolute Gasteiger partial charge is 0.321 e. The van der Waals surface area contributed by atoms with E-state index in [9.17, 15) is 9.59 Å². The summed E-state index contributed by atoms with van der Waals surface area (Å²) in [5.74, 6) is 0.518. The Bertz CT molecular complexity index is 538. The first-order chi connectivity index (χ1) is 10.7. The van der Waals surface area contributed by atoms with Gasteiger partial charge in [0.15, 0.2) is 0 Å². The molecule has 0 aromatic heterocycles. The standard InChI is InChI=1S/C17H27N3O3/c1-17(2,3)19-16(22)18-15(21)12-20(4)11-10-13-8-6-7-9-14(13)23-5/h6-9H,10-12H2,1-5H3,(H2,18,19,21,22). The van der Waals surface area contributed by atoms with E-state index < -0.39 is 6.03 Å². The predicted molar refractivity (Wildman–Crippen MR) is 90.6 cm³/mol. The molecule has 3 amide bonds. The number of urea groups is 1. The Morgan fingerprint density at radius 3 is 2.48 bits per heavy atom. The van der Waals surface area contributed by atoms with Crippen LogP contribution in [0.25, 0.3) is 0 Å². The van der Waals surface area contributed by atoms with Crippen LogP contribution in [0.4, 0.5) is 4.79 Å². The Morgan fingerprint density at radius 1 is 1.22 bits per heavy atom. The number of rotatable bonds is 6. The van der Waals surface area contributed by atoms with E-state index in [4.69, 9.17) is 4.74 Å². The van der Waals surface area contributed by atoms with E-state index in [1.165, 1.54) is 0 Å². The second-order valence-corrected chi connectivity index (χ2v) is 6.55. The van der Waals surface area contributed by atoms with Crippen molar-refractivity contribution in [3.8, 4) is 5.75 Å². The number of ether oxygens (including phenoxy) is 1. The van der Waals surface area contributed by atoms with Crippen LogP contribution in [-0.4, -0.2) is 49.6 Å². The lowest BCUT2D eigenvalue weighted by Crippen LogP contribution is -2.50. The van der Waals surface area contributed by atoms with Crippen molar-refractivity contribution < 1.29 is 14.3 Å². The van der Waals surface area contributed by atoms with Crippen molar-refractivity contribution in [2.75, 3.05) is 27.2 Å². The van der Waals surface area contributed by atoms with Gasteiger partial charge in [0.2, 0.25) is 5.91 Å². The molecule has 6 heteroatoms. The number of benzene rings is 1. The SMILES string of the molecule is COc1ccccc1CCN(C)CC(=O)NC(=O)NC(C)(C)C. The molecule has 0 bridgehead atoms. The average Bonchev–Trinajstić information content (AvgIpc) is 2.42. The molecule has 1 aromatic carbocycles. The van der Waals surface area contributed by atoms with Crippen molar-refractivity contribution in [2.24, 2.45) is 0 Å². The van der Waals surface area contributed by atoms with Crippen LogP contribution < -0.4 is 15.4 Å². The number of para-hydroxylation sites is 1. The average molecular weight is 321 g/mol. The van der Waals surface area contributed by atoms with Crippen LogP contribution in [0.1, 0.15) is 26.3 Å². The zero-order chi connectivity index (χ0) is 17.5. The quantitative estimate of drug-likeness (QED) is 0.838. The van der Waals surface area contributed by atoms with Gasteiger partial charge in [-0.15, -0.1) is 0 Å². The first-order valence-corrected chi connectivity index (χ1v) is 7.63. The highest BCUT2D eigenvalue weighted by atomic mass is 16.5. The maximum Gasteiger partial charge on any atom is 0.321 e. The molecule has 1 aromatic rings. The summed E-state index contributed by atoms with van der Waals surface area (Å²) in [6.45, 7) is 6.42. The zero-order valence-electron chi connectivity index (χ0n) is 14.6. The highest BCUT2D eigenvalue weighted by Crippen LogP contribution is 2.17. The van der Waals surface area contributed by atoms with E-state index in [2.05, 4.69) is 10.6 Å². The maximum absolute atomic E-state index is 11.8. The number of imide groups is 1. The van der Waals surface area contributed by atoms with Gasteiger partial charge in [0.05, 0.1) is 13.7 Å². The molecule has 0 spiro atoms. The number of nitrogens with zero attached hydrogens (tertiary/aromatic N) is 1. The number of likely N-dealkylation sites (N-methyl/N-ethyl adjacent to an activating group) is 1. The molecule has 23 heavy (non-hydrogen) atoms. The summed E-state index contributed by atoms with van der Waals surface area (Å²) in [6, 6.07) is 7.33. The van der Waals surface area contributed by atoms with Gasteiger partial charge in [0, 0.05) is 12.1 Å². The molecule has 0 aliphatic heterocycles. The van der Waals surface area contributed by atoms with Crippen molar-refractivity contribution in [3.05, 3.63) is 29.8 Å². The Morgan fingerprint density at radius 2 is 1.87 bits per heavy atom. The highest BCUT2D eigenvalue weighted by Gasteiger charge is 2.16. The number of methoxy groups -OCH3 is 1. The molecule has 0 aliphatic rings. The molecule has 0 radical (unpaired) electrons. The topological polar surface area (TPSA) is 70.7 Å². The van der Waals surface area contributed by atoms with E-state index in [0.717, 1.165) is 17.7 Å². The fourth-order valence-electron chi connectivity index (χ4n) is 2.08. The van der Waals surface area contributed by atoms with Gasteiger partial charge in [-0.25, -0.2) is 4.79 Å². The van der Waals surface area contributed by atoms with Gasteiger partial charge >= 0.3 is 6.03 Å². The van der Waals surface area contributed by atoms with Crippen molar-refractivity contribution in [1.82, 2.24) is 15.5 Å². The maximum atomic E-state index is 11.8. The van der Waals surface area contributed by atoms with Crippen LogP contribution in [0, 0.1) is 0 Å². The van der Waals surface area contributed by atoms with E-state index in [-0.39, 0.29) is 18.0 Å². The summed E-state index contributed by atoms with van der Waals surface area (Å²) in [6.07, 6.45) is 0.766. The second-order valence-electron chi connectivity index (χ2n) is 6.55. The third-order valence-corrected chi connectivity index (χ3v) is 3.11. The summed E-state index contributed by atoms with van der Waals surface area (Å²) in [7, 11) is 3.49. The van der Waals surface area contributed by atoms with E-state index >= 15 is 0 Å². The summed E-state index contributed by atoms with van der Waals surface area (Å²) >= 11 is 0. The first-order valence-electron chi connectivity index (χ1n) is 7.63. The summed E-state index contributed by atoms with van der Waals surface area (Å²) in [5.41, 5.74) is 0.716. The minimum atomic E-state index is -0.472. The number of amides is 3. The summed E-state index contributed by atoms with van der Waals surface area (Å²) < 4.78 is 5.31. The van der Waals surface area contributed by atoms with Gasteiger partial charge in [-0.1, -0.05) is 18.2 Å². The lowest BCUT2D eigenvalue weighted by molar-refractivity contribution is -0.120. The van der Waals surface area contributed by atoms with Crippen LogP contribution in [0.5, 0.6) is 5.75 Å². The minimum absolute atomic E-state index is 0.159. The molecular formula is C17H27N3O3. The van der Waals surface area contributed by atoms with Crippen LogP contribution in [-0.2, 0) is 11.2 Å². The van der Waals surface area contributed by atoms with Crippen LogP contribution >= 0.6 is 0 Å². The molecule has 0 aliphatic carbocycles. The molecular weight excluding hydrogens is 294 g/mol. The fraction of sp³-hybridized carbons (Fsp3) is 0.529. The van der Waals surface area contributed by atoms with Gasteiger partial charge in [-0.3, -0.25) is 15.0 Å². The summed E-state index contributed by atoms with van der Waals surface area (Å²) in [5, 5.41) is 5.02. The van der Waals surface area contributed by atoms with Crippen LogP contribution in [0.3, 0.4) is 0 Å². The molecule has 1 rings (SSSR count). The van der Waals surface area contributed by atoms with E-state index in [1.807, 2.05) is 57.0 Å². The molecule has 0 heterocycles. The number of hydrogen-bond acceptors (Lipinski definition) is 4. The third kappa shape index (κ3) is 7.65. The molecule has 0 unspecified atom stereocenters. The lowest BCUT2D eigenvalue weighted by Gasteiger charge is -2.21. The normalized spacial score (nSPS) is 11.2. The van der Waals surface area contributed by atoms with Crippen molar-refractivity contribution in [3.63, 3.8) is 0 Å². The van der Waals surface area contributed by atoms with Crippen LogP contribution in [0.15, 0.2) is 24.3 Å². The zero-order valence-corrected chi connectivity index (χ0v) is 14.6. The predicted octanol–water partition coefficient (Wildman–Crippen LogP) is 1.79. The number of nitrogens with one attached hydrogen (secondary N) is 2. The second kappa shape index (κ2) is 8.53. The molecule has 0 atom stereocenters. The number of carbonyl (C=O) groups excluding carboxylic acids is 2. The van der Waals surface area contributed by atoms with Gasteiger partial charge in [0.25, 0.3) is 0 Å². The van der Waals surface area contributed by atoms with Gasteiger partial charge in [-0.05, 0) is 45.9 Å². The Hall–Kier alpha value is -2.08. The van der Waals surface area contributed by atoms with Gasteiger partial charge in [0.1, 0.15) is 5.75 Å². The molecule has 0 saturated heterocycles. The lowest BCUT2D eigenvalue weighted by atomic mass is 10.1. The summed E-state index contributed by atoms with van der Waals surface area (Å²) in [4.78, 5) is 25.3. The third-order valence-electron chi connectivity index (χ3n) is 3.11. The minimum Gasteiger partial charge on any atom is -0.496 e. The largest absolute Gasteiger partial charge is 0.496 e.